The van der Waals surface area contributed by atoms with Crippen molar-refractivity contribution >= 4 is 22.9 Å². The number of methoxy groups -OCH3 is 1. The summed E-state index contributed by atoms with van der Waals surface area (Å²) in [5, 5.41) is 0. The van der Waals surface area contributed by atoms with E-state index in [2.05, 4.69) is 88.3 Å². The van der Waals surface area contributed by atoms with Crippen molar-refractivity contribution in [2.45, 2.75) is 179 Å². The summed E-state index contributed by atoms with van der Waals surface area (Å²) in [7, 11) is -2.57. The zero-order valence-electron chi connectivity index (χ0n) is 33.0. The third kappa shape index (κ3) is 10.6. The first-order chi connectivity index (χ1) is 23.3. The normalized spacial score (nSPS) is 31.8. The average Bonchev–Trinajstić information content (AvgIpc) is 3.43. The number of hydrogen-bond donors (Lipinski definition) is 0. The van der Waals surface area contributed by atoms with Crippen LogP contribution < -0.4 is 0 Å². The Morgan fingerprint density at radius 2 is 1.45 bits per heavy atom. The van der Waals surface area contributed by atoms with Crippen LogP contribution in [-0.2, 0) is 42.1 Å². The lowest BCUT2D eigenvalue weighted by atomic mass is 9.86. The van der Waals surface area contributed by atoms with Gasteiger partial charge in [0, 0.05) is 31.8 Å². The van der Waals surface area contributed by atoms with E-state index in [-0.39, 0.29) is 61.4 Å². The van der Waals surface area contributed by atoms with Gasteiger partial charge in [-0.25, -0.2) is 0 Å². The first-order valence-corrected chi connectivity index (χ1v) is 24.1. The molecular formula is C38H72O9Si2. The van der Waals surface area contributed by atoms with Gasteiger partial charge >= 0.3 is 0 Å². The lowest BCUT2D eigenvalue weighted by molar-refractivity contribution is -0.160. The number of aldehydes is 1. The zero-order valence-corrected chi connectivity index (χ0v) is 35.0. The van der Waals surface area contributed by atoms with Gasteiger partial charge in [-0.15, -0.1) is 0 Å². The van der Waals surface area contributed by atoms with Crippen molar-refractivity contribution < 1.29 is 42.1 Å². The molecule has 3 saturated heterocycles. The number of rotatable bonds is 22. The molecule has 3 fully saturated rings. The molecule has 2 unspecified atom stereocenters. The summed E-state index contributed by atoms with van der Waals surface area (Å²) in [6, 6.07) is 2.97. The summed E-state index contributed by atoms with van der Waals surface area (Å²) in [6.07, 6.45) is 6.66. The molecule has 3 rings (SSSR count). The molecule has 0 aromatic rings. The molecule has 9 nitrogen and oxygen atoms in total. The van der Waals surface area contributed by atoms with Gasteiger partial charge in [0.1, 0.15) is 25.3 Å². The maximum atomic E-state index is 12.7. The fourth-order valence-electron chi connectivity index (χ4n) is 8.78. The highest BCUT2D eigenvalue weighted by molar-refractivity contribution is 6.77. The van der Waals surface area contributed by atoms with Crippen molar-refractivity contribution in [3.05, 3.63) is 12.2 Å². The van der Waals surface area contributed by atoms with Crippen LogP contribution in [0, 0.1) is 11.8 Å². The molecule has 10 atom stereocenters. The maximum absolute atomic E-state index is 12.7. The smallest absolute Gasteiger partial charge is 0.200 e. The van der Waals surface area contributed by atoms with Crippen molar-refractivity contribution in [1.29, 1.82) is 0 Å². The Morgan fingerprint density at radius 3 is 2.02 bits per heavy atom. The average molecular weight is 729 g/mol. The molecule has 0 amide bonds. The van der Waals surface area contributed by atoms with Crippen LogP contribution in [0.1, 0.15) is 95.4 Å². The van der Waals surface area contributed by atoms with Crippen LogP contribution in [0.5, 0.6) is 0 Å². The van der Waals surface area contributed by atoms with Crippen LogP contribution in [0.3, 0.4) is 0 Å². The minimum Gasteiger partial charge on any atom is -0.413 e. The van der Waals surface area contributed by atoms with E-state index in [0.717, 1.165) is 30.8 Å². The summed E-state index contributed by atoms with van der Waals surface area (Å²) >= 11 is 0. The lowest BCUT2D eigenvalue weighted by Gasteiger charge is -2.50. The SMILES string of the molecule is CC[Si](CC)(CC)O[C@@H](C=O)[C@@H]1C[C@H](O[Si](C(C)C)(C(C)C)C(C)C)[C@@H](C)[C@@H](C/C=C/[C@@H]2OC3CC(O[C@H]3COCOCCOC)[C@H]2C)O1. The fraction of sp³-hybridized carbons (Fsp3) is 0.921. The van der Waals surface area contributed by atoms with Crippen molar-refractivity contribution in [3.63, 3.8) is 0 Å². The molecule has 3 aliphatic rings. The second-order valence-electron chi connectivity index (χ2n) is 15.7. The Hall–Kier alpha value is -0.476. The third-order valence-corrected chi connectivity index (χ3v) is 22.9. The lowest BCUT2D eigenvalue weighted by Crippen LogP contribution is -2.57. The highest BCUT2D eigenvalue weighted by atomic mass is 28.4. The summed E-state index contributed by atoms with van der Waals surface area (Å²) in [4.78, 5) is 12.7. The maximum Gasteiger partial charge on any atom is 0.200 e. The Bertz CT molecular complexity index is 960. The van der Waals surface area contributed by atoms with Gasteiger partial charge in [-0.1, -0.05) is 88.3 Å². The van der Waals surface area contributed by atoms with E-state index in [4.69, 9.17) is 37.3 Å². The van der Waals surface area contributed by atoms with Crippen LogP contribution in [-0.4, -0.2) is 105 Å². The van der Waals surface area contributed by atoms with E-state index in [0.29, 0.717) is 49.3 Å². The van der Waals surface area contributed by atoms with Gasteiger partial charge in [0.15, 0.2) is 8.32 Å². The molecule has 49 heavy (non-hydrogen) atoms. The van der Waals surface area contributed by atoms with Crippen LogP contribution in [0.25, 0.3) is 0 Å². The summed E-state index contributed by atoms with van der Waals surface area (Å²) in [5.74, 6) is 0.389. The predicted molar refractivity (Wildman–Crippen MR) is 200 cm³/mol. The molecule has 0 aromatic carbocycles. The molecule has 0 spiro atoms. The van der Waals surface area contributed by atoms with Crippen LogP contribution in [0.2, 0.25) is 34.8 Å². The van der Waals surface area contributed by atoms with E-state index < -0.39 is 22.7 Å². The Kier molecular flexibility index (Phi) is 17.6. The molecule has 2 bridgehead atoms. The fourth-order valence-corrected chi connectivity index (χ4v) is 17.2. The Balaban J connectivity index is 1.77. The van der Waals surface area contributed by atoms with E-state index in [9.17, 15) is 4.79 Å². The van der Waals surface area contributed by atoms with Gasteiger partial charge in [0.05, 0.1) is 56.4 Å². The molecule has 0 aliphatic carbocycles. The van der Waals surface area contributed by atoms with Crippen LogP contribution >= 0.6 is 0 Å². The van der Waals surface area contributed by atoms with Gasteiger partial charge in [-0.05, 0) is 41.2 Å². The van der Waals surface area contributed by atoms with Gasteiger partial charge in [-0.3, -0.25) is 0 Å². The molecule has 0 aromatic heterocycles. The Labute approximate surface area is 301 Å². The van der Waals surface area contributed by atoms with Crippen LogP contribution in [0.4, 0.5) is 0 Å². The highest BCUT2D eigenvalue weighted by Gasteiger charge is 2.51. The minimum atomic E-state index is -2.18. The number of hydrogen-bond acceptors (Lipinski definition) is 9. The van der Waals surface area contributed by atoms with Gasteiger partial charge in [0.2, 0.25) is 8.32 Å². The highest BCUT2D eigenvalue weighted by Crippen LogP contribution is 2.46. The molecule has 11 heteroatoms. The van der Waals surface area contributed by atoms with E-state index >= 15 is 0 Å². The molecule has 3 heterocycles. The molecule has 0 N–H and O–H groups in total. The molecule has 0 radical (unpaired) electrons. The Morgan fingerprint density at radius 1 is 0.796 bits per heavy atom. The number of ether oxygens (including phenoxy) is 6. The van der Waals surface area contributed by atoms with E-state index in [1.165, 1.54) is 0 Å². The molecule has 286 valence electrons. The molecule has 3 aliphatic heterocycles. The number of carbonyl (C=O) groups excluding carboxylic acids is 1. The summed E-state index contributed by atoms with van der Waals surface area (Å²) in [5.41, 5.74) is 1.41. The minimum absolute atomic E-state index is 0.00338. The monoisotopic (exact) mass is 728 g/mol. The molecule has 0 saturated carbocycles. The summed E-state index contributed by atoms with van der Waals surface area (Å²) < 4.78 is 50.3. The third-order valence-electron chi connectivity index (χ3n) is 12.1. The van der Waals surface area contributed by atoms with Gasteiger partial charge in [0.25, 0.3) is 0 Å². The van der Waals surface area contributed by atoms with Crippen molar-refractivity contribution in [1.82, 2.24) is 0 Å². The van der Waals surface area contributed by atoms with Gasteiger partial charge < -0.3 is 42.1 Å². The van der Waals surface area contributed by atoms with Crippen molar-refractivity contribution in [2.24, 2.45) is 11.8 Å². The van der Waals surface area contributed by atoms with Crippen LogP contribution in [0.15, 0.2) is 12.2 Å². The largest absolute Gasteiger partial charge is 0.413 e. The van der Waals surface area contributed by atoms with Crippen molar-refractivity contribution in [3.8, 4) is 0 Å². The van der Waals surface area contributed by atoms with E-state index in [1.54, 1.807) is 7.11 Å². The topological polar surface area (TPSA) is 90.9 Å². The standard InChI is InChI=1S/C38H72O9Si2/c1-13-48(14-2,15-3)46-37(23-39)35-22-34(47-49(26(4)5,27(6)7)28(8)9)30(11)32(43-35)18-16-17-31-29(10)33-21-36(44-31)38(45-33)24-42-25-41-20-19-40-12/h16-17,23,26-38H,13-15,18-22,24-25H2,1-12H3/b17-16+/t29-,30-,31-,32+,33?,34-,35-,36?,37-,38-/m0/s1. The first-order valence-electron chi connectivity index (χ1n) is 19.4. The second kappa shape index (κ2) is 20.1. The van der Waals surface area contributed by atoms with Crippen molar-refractivity contribution in [2.75, 3.05) is 33.7 Å². The van der Waals surface area contributed by atoms with E-state index in [1.807, 2.05) is 0 Å². The second-order valence-corrected chi connectivity index (χ2v) is 25.9. The zero-order chi connectivity index (χ0) is 36.4. The number of fused-ring (bicyclic) bond motifs is 2. The number of carbonyl (C=O) groups is 1. The predicted octanol–water partition coefficient (Wildman–Crippen LogP) is 8.07. The quantitative estimate of drug-likeness (QED) is 0.0361. The van der Waals surface area contributed by atoms with Gasteiger partial charge in [-0.2, -0.15) is 0 Å². The molecular weight excluding hydrogens is 657 g/mol. The summed E-state index contributed by atoms with van der Waals surface area (Å²) in [6.45, 7) is 26.8. The first kappa shape index (κ1) is 42.9.